The van der Waals surface area contributed by atoms with Crippen molar-refractivity contribution in [3.63, 3.8) is 0 Å². The minimum Gasteiger partial charge on any atom is -0.457 e. The van der Waals surface area contributed by atoms with E-state index in [1.54, 1.807) is 0 Å². The van der Waals surface area contributed by atoms with Gasteiger partial charge in [0.05, 0.1) is 27.8 Å². The molecule has 75 heavy (non-hydrogen) atoms. The number of hydrogen-bond acceptors (Lipinski definition) is 3. The molecular formula is C70H68N4O. The Kier molecular flexibility index (Phi) is 11.1. The van der Waals surface area contributed by atoms with Gasteiger partial charge in [0, 0.05) is 51.1 Å². The van der Waals surface area contributed by atoms with Gasteiger partial charge in [-0.25, -0.2) is 4.98 Å². The second-order valence-corrected chi connectivity index (χ2v) is 25.0. The molecule has 11 aromatic rings. The zero-order valence-corrected chi connectivity index (χ0v) is 45.7. The van der Waals surface area contributed by atoms with Gasteiger partial charge in [0.1, 0.15) is 24.0 Å². The molecule has 8 aromatic carbocycles. The number of fused-ring (bicyclic) bond motifs is 10. The SMILES string of the molecule is CC(C)(C)c1cc(-c2cc(C(C)(C)C)cc3c4ccccc4c4ccccc4c4cccc5c4n(c23)CN5c2cccc(Oc3ccc4c5ccccc5n(-c5cc(C(C)(C)C)ccn5)c4c3)c2)cc(C(C)(C)C)c1. The Bertz CT molecular complexity index is 4140. The van der Waals surface area contributed by atoms with Crippen LogP contribution in [0.4, 0.5) is 11.4 Å². The molecular weight excluding hydrogens is 913 g/mol. The summed E-state index contributed by atoms with van der Waals surface area (Å²) in [5, 5.41) is 9.69. The van der Waals surface area contributed by atoms with Crippen molar-refractivity contribution in [2.75, 3.05) is 4.90 Å². The lowest BCUT2D eigenvalue weighted by Gasteiger charge is -2.28. The van der Waals surface area contributed by atoms with E-state index >= 15 is 0 Å². The van der Waals surface area contributed by atoms with E-state index in [0.29, 0.717) is 6.67 Å². The lowest BCUT2D eigenvalue weighted by Crippen LogP contribution is -2.17. The van der Waals surface area contributed by atoms with Gasteiger partial charge in [-0.2, -0.15) is 0 Å². The van der Waals surface area contributed by atoms with E-state index in [2.05, 4.69) is 273 Å². The fourth-order valence-corrected chi connectivity index (χ4v) is 11.4. The summed E-state index contributed by atoms with van der Waals surface area (Å²) in [6, 6.07) is 65.4. The first kappa shape index (κ1) is 48.1. The first-order valence-corrected chi connectivity index (χ1v) is 26.7. The standard InChI is InChI=1S/C70H68N4O/c1-67(2,3)45-33-34-71-64(40-45)74-61-29-18-17-27-56(61)57-32-31-51(42-63(57)74)75-50-22-19-21-49(41-50)72-43-73-65-59(44-35-46(68(4,5)6)37-47(36-44)69(7,8)9)38-48(70(10,11)12)39-60(65)55-26-16-14-24-53(55)52-23-13-15-25-54(52)58-28-20-30-62(72)66(58)73/h13-42H,43H2,1-12H3. The zero-order valence-electron chi connectivity index (χ0n) is 45.7. The molecule has 0 atom stereocenters. The van der Waals surface area contributed by atoms with Crippen LogP contribution in [-0.4, -0.2) is 14.1 Å². The van der Waals surface area contributed by atoms with Crippen molar-refractivity contribution in [2.24, 2.45) is 0 Å². The molecule has 0 aliphatic carbocycles. The maximum Gasteiger partial charge on any atom is 0.137 e. The fraction of sp³-hybridized carbons (Fsp3) is 0.243. The van der Waals surface area contributed by atoms with Crippen molar-refractivity contribution in [2.45, 2.75) is 111 Å². The van der Waals surface area contributed by atoms with Crippen molar-refractivity contribution in [1.29, 1.82) is 0 Å². The van der Waals surface area contributed by atoms with Crippen molar-refractivity contribution in [3.05, 3.63) is 204 Å². The van der Waals surface area contributed by atoms with Gasteiger partial charge in [-0.1, -0.05) is 186 Å². The van der Waals surface area contributed by atoms with E-state index in [1.807, 2.05) is 6.20 Å². The smallest absolute Gasteiger partial charge is 0.137 e. The molecule has 5 nitrogen and oxygen atoms in total. The number of anilines is 2. The highest BCUT2D eigenvalue weighted by Crippen LogP contribution is 2.47. The third-order valence-electron chi connectivity index (χ3n) is 15.7. The average molecular weight is 981 g/mol. The Balaban J connectivity index is 1.09. The number of nitrogens with zero attached hydrogens (tertiary/aromatic N) is 4. The highest BCUT2D eigenvalue weighted by atomic mass is 16.5. The Hall–Kier alpha value is -7.89. The molecule has 0 fully saturated rings. The maximum absolute atomic E-state index is 6.95. The van der Waals surface area contributed by atoms with Crippen LogP contribution in [-0.2, 0) is 28.3 Å². The molecule has 1 aliphatic heterocycles. The average Bonchev–Trinajstić information content (AvgIpc) is 3.96. The molecule has 0 N–H and O–H groups in total. The summed E-state index contributed by atoms with van der Waals surface area (Å²) in [5.74, 6) is 2.42. The molecule has 0 saturated heterocycles. The van der Waals surface area contributed by atoms with Crippen LogP contribution >= 0.6 is 0 Å². The molecule has 1 aliphatic rings. The van der Waals surface area contributed by atoms with Crippen molar-refractivity contribution < 1.29 is 4.74 Å². The van der Waals surface area contributed by atoms with Crippen molar-refractivity contribution in [1.82, 2.24) is 14.1 Å². The Morgan fingerprint density at radius 1 is 0.400 bits per heavy atom. The minimum absolute atomic E-state index is 0.0226. The van der Waals surface area contributed by atoms with Gasteiger partial charge in [0.15, 0.2) is 0 Å². The van der Waals surface area contributed by atoms with Gasteiger partial charge in [0.25, 0.3) is 0 Å². The third kappa shape index (κ3) is 8.38. The van der Waals surface area contributed by atoms with E-state index < -0.39 is 0 Å². The maximum atomic E-state index is 6.95. The van der Waals surface area contributed by atoms with Crippen molar-refractivity contribution in [3.8, 4) is 28.4 Å². The van der Waals surface area contributed by atoms with Gasteiger partial charge >= 0.3 is 0 Å². The highest BCUT2D eigenvalue weighted by molar-refractivity contribution is 6.22. The van der Waals surface area contributed by atoms with Crippen LogP contribution in [0.25, 0.3) is 82.1 Å². The molecule has 5 heteroatoms. The van der Waals surface area contributed by atoms with Gasteiger partial charge in [-0.3, -0.25) is 4.57 Å². The van der Waals surface area contributed by atoms with Gasteiger partial charge in [0.2, 0.25) is 0 Å². The van der Waals surface area contributed by atoms with E-state index in [1.165, 1.54) is 82.1 Å². The molecule has 3 aromatic heterocycles. The first-order valence-electron chi connectivity index (χ1n) is 26.7. The molecule has 4 heterocycles. The number of hydrogen-bond donors (Lipinski definition) is 0. The quantitative estimate of drug-likeness (QED) is 0.172. The third-order valence-corrected chi connectivity index (χ3v) is 15.7. The van der Waals surface area contributed by atoms with Crippen LogP contribution < -0.4 is 9.64 Å². The van der Waals surface area contributed by atoms with E-state index in [9.17, 15) is 0 Å². The summed E-state index contributed by atoms with van der Waals surface area (Å²) in [6.45, 7) is 28.4. The monoisotopic (exact) mass is 981 g/mol. The number of pyridine rings is 1. The van der Waals surface area contributed by atoms with Crippen LogP contribution in [0.2, 0.25) is 0 Å². The normalized spacial score (nSPS) is 13.3. The lowest BCUT2D eigenvalue weighted by atomic mass is 9.78. The van der Waals surface area contributed by atoms with Crippen LogP contribution in [0.1, 0.15) is 105 Å². The molecule has 0 spiro atoms. The van der Waals surface area contributed by atoms with Gasteiger partial charge in [-0.05, 0) is 132 Å². The Morgan fingerprint density at radius 2 is 0.947 bits per heavy atom. The summed E-state index contributed by atoms with van der Waals surface area (Å²) >= 11 is 0. The number of aromatic nitrogens is 3. The minimum atomic E-state index is -0.126. The number of para-hydroxylation sites is 2. The fourth-order valence-electron chi connectivity index (χ4n) is 11.4. The second-order valence-electron chi connectivity index (χ2n) is 25.0. The molecule has 0 radical (unpaired) electrons. The Labute approximate surface area is 442 Å². The molecule has 12 rings (SSSR count). The van der Waals surface area contributed by atoms with Gasteiger partial charge < -0.3 is 14.2 Å². The van der Waals surface area contributed by atoms with Crippen molar-refractivity contribution >= 4 is 76.5 Å². The zero-order chi connectivity index (χ0) is 52.3. The number of rotatable bonds is 5. The highest BCUT2D eigenvalue weighted by Gasteiger charge is 2.29. The second kappa shape index (κ2) is 17.3. The topological polar surface area (TPSA) is 35.2 Å². The number of ether oxygens (including phenoxy) is 1. The molecule has 0 unspecified atom stereocenters. The predicted octanol–water partition coefficient (Wildman–Crippen LogP) is 19.5. The van der Waals surface area contributed by atoms with Crippen LogP contribution in [0.15, 0.2) is 182 Å². The summed E-state index contributed by atoms with van der Waals surface area (Å²) in [5.41, 5.74) is 14.2. The lowest BCUT2D eigenvalue weighted by molar-refractivity contribution is 0.483. The predicted molar refractivity (Wildman–Crippen MR) is 320 cm³/mol. The van der Waals surface area contributed by atoms with Gasteiger partial charge in [-0.15, -0.1) is 0 Å². The molecule has 0 saturated carbocycles. The molecule has 0 bridgehead atoms. The summed E-state index contributed by atoms with van der Waals surface area (Å²) < 4.78 is 11.9. The summed E-state index contributed by atoms with van der Waals surface area (Å²) in [4.78, 5) is 7.42. The Morgan fingerprint density at radius 3 is 1.60 bits per heavy atom. The van der Waals surface area contributed by atoms with Crippen LogP contribution in [0.3, 0.4) is 0 Å². The van der Waals surface area contributed by atoms with Crippen LogP contribution in [0.5, 0.6) is 11.5 Å². The van der Waals surface area contributed by atoms with E-state index in [4.69, 9.17) is 9.72 Å². The summed E-state index contributed by atoms with van der Waals surface area (Å²) in [6.07, 6.45) is 1.93. The van der Waals surface area contributed by atoms with E-state index in [-0.39, 0.29) is 21.7 Å². The molecule has 0 amide bonds. The summed E-state index contributed by atoms with van der Waals surface area (Å²) in [7, 11) is 0. The largest absolute Gasteiger partial charge is 0.457 e. The molecule has 374 valence electrons. The van der Waals surface area contributed by atoms with E-state index in [0.717, 1.165) is 45.1 Å². The number of benzene rings is 8. The van der Waals surface area contributed by atoms with Crippen LogP contribution in [0, 0.1) is 0 Å². The first-order chi connectivity index (χ1) is 35.7.